The van der Waals surface area contributed by atoms with Gasteiger partial charge in [-0.2, -0.15) is 4.98 Å². The van der Waals surface area contributed by atoms with Crippen LogP contribution < -0.4 is 4.74 Å². The van der Waals surface area contributed by atoms with Crippen LogP contribution in [0.15, 0.2) is 34.9 Å². The first-order valence-electron chi connectivity index (χ1n) is 7.48. The second kappa shape index (κ2) is 6.60. The molecule has 6 nitrogen and oxygen atoms in total. The van der Waals surface area contributed by atoms with Gasteiger partial charge in [0, 0.05) is 13.1 Å². The van der Waals surface area contributed by atoms with Crippen LogP contribution in [0.5, 0.6) is 5.75 Å². The van der Waals surface area contributed by atoms with Gasteiger partial charge >= 0.3 is 0 Å². The molecule has 1 fully saturated rings. The average Bonchev–Trinajstić information content (AvgIpc) is 3.00. The van der Waals surface area contributed by atoms with Crippen molar-refractivity contribution >= 4 is 5.91 Å². The Morgan fingerprint density at radius 3 is 2.95 bits per heavy atom. The van der Waals surface area contributed by atoms with Crippen LogP contribution in [0.3, 0.4) is 0 Å². The minimum absolute atomic E-state index is 0.00945. The van der Waals surface area contributed by atoms with Gasteiger partial charge in [0.15, 0.2) is 12.4 Å². The Morgan fingerprint density at radius 1 is 1.41 bits per heavy atom. The van der Waals surface area contributed by atoms with Gasteiger partial charge in [-0.1, -0.05) is 23.4 Å². The summed E-state index contributed by atoms with van der Waals surface area (Å²) in [5.41, 5.74) is 0. The molecule has 0 saturated carbocycles. The monoisotopic (exact) mass is 301 g/mol. The maximum absolute atomic E-state index is 12.3. The van der Waals surface area contributed by atoms with Crippen molar-refractivity contribution in [1.29, 1.82) is 0 Å². The average molecular weight is 301 g/mol. The van der Waals surface area contributed by atoms with Crippen molar-refractivity contribution in [2.45, 2.75) is 25.7 Å². The molecule has 116 valence electrons. The molecule has 1 amide bonds. The van der Waals surface area contributed by atoms with E-state index >= 15 is 0 Å². The largest absolute Gasteiger partial charge is 0.484 e. The number of aryl methyl sites for hydroxylation is 1. The molecule has 22 heavy (non-hydrogen) atoms. The van der Waals surface area contributed by atoms with E-state index in [1.165, 1.54) is 0 Å². The fourth-order valence-electron chi connectivity index (χ4n) is 2.64. The molecule has 0 N–H and O–H groups in total. The molecule has 1 saturated heterocycles. The van der Waals surface area contributed by atoms with E-state index in [1.54, 1.807) is 6.92 Å². The second-order valence-corrected chi connectivity index (χ2v) is 5.46. The highest BCUT2D eigenvalue weighted by molar-refractivity contribution is 5.78. The minimum atomic E-state index is -0.00945. The number of hydrogen-bond acceptors (Lipinski definition) is 5. The first-order chi connectivity index (χ1) is 10.7. The number of carbonyl (C=O) groups excluding carboxylic acids is 1. The van der Waals surface area contributed by atoms with Crippen LogP contribution in [0.1, 0.15) is 30.5 Å². The highest BCUT2D eigenvalue weighted by atomic mass is 16.5. The summed E-state index contributed by atoms with van der Waals surface area (Å²) in [5, 5.41) is 3.82. The predicted molar refractivity (Wildman–Crippen MR) is 79.5 cm³/mol. The molecule has 3 rings (SSSR count). The highest BCUT2D eigenvalue weighted by Gasteiger charge is 2.28. The third-order valence-corrected chi connectivity index (χ3v) is 3.77. The number of nitrogens with zero attached hydrogens (tertiary/aromatic N) is 3. The van der Waals surface area contributed by atoms with E-state index < -0.39 is 0 Å². The molecule has 1 aromatic carbocycles. The Morgan fingerprint density at radius 2 is 2.23 bits per heavy atom. The Kier molecular flexibility index (Phi) is 4.37. The summed E-state index contributed by atoms with van der Waals surface area (Å²) in [6, 6.07) is 9.36. The first kappa shape index (κ1) is 14.6. The standard InChI is InChI=1S/C16H19N3O3/c1-12-17-16(22-18-12)13-6-5-9-19(10-13)15(20)11-21-14-7-3-2-4-8-14/h2-4,7-8,13H,5-6,9-11H2,1H3/t13-/m1/s1. The van der Waals surface area contributed by atoms with Gasteiger partial charge in [-0.3, -0.25) is 4.79 Å². The summed E-state index contributed by atoms with van der Waals surface area (Å²) in [4.78, 5) is 18.4. The van der Waals surface area contributed by atoms with Crippen molar-refractivity contribution < 1.29 is 14.1 Å². The number of carbonyl (C=O) groups is 1. The van der Waals surface area contributed by atoms with E-state index in [0.717, 1.165) is 19.4 Å². The van der Waals surface area contributed by atoms with Crippen molar-refractivity contribution in [1.82, 2.24) is 15.0 Å². The van der Waals surface area contributed by atoms with Gasteiger partial charge in [-0.05, 0) is 31.9 Å². The normalized spacial score (nSPS) is 18.2. The lowest BCUT2D eigenvalue weighted by Gasteiger charge is -2.30. The molecular formula is C16H19N3O3. The van der Waals surface area contributed by atoms with Crippen LogP contribution >= 0.6 is 0 Å². The van der Waals surface area contributed by atoms with E-state index in [4.69, 9.17) is 9.26 Å². The zero-order valence-corrected chi connectivity index (χ0v) is 12.6. The fraction of sp³-hybridized carbons (Fsp3) is 0.438. The van der Waals surface area contributed by atoms with Gasteiger partial charge in [0.1, 0.15) is 5.75 Å². The van der Waals surface area contributed by atoms with Crippen LogP contribution in [0.2, 0.25) is 0 Å². The Bertz CT molecular complexity index is 627. The minimum Gasteiger partial charge on any atom is -0.484 e. The summed E-state index contributed by atoms with van der Waals surface area (Å²) in [5.74, 6) is 2.07. The van der Waals surface area contributed by atoms with Crippen molar-refractivity contribution in [3.63, 3.8) is 0 Å². The smallest absolute Gasteiger partial charge is 0.260 e. The number of hydrogen-bond donors (Lipinski definition) is 0. The van der Waals surface area contributed by atoms with Crippen molar-refractivity contribution in [2.24, 2.45) is 0 Å². The van der Waals surface area contributed by atoms with Gasteiger partial charge in [0.05, 0.1) is 5.92 Å². The van der Waals surface area contributed by atoms with Crippen LogP contribution in [0.4, 0.5) is 0 Å². The molecule has 0 radical (unpaired) electrons. The Balaban J connectivity index is 1.56. The van der Waals surface area contributed by atoms with Gasteiger partial charge in [-0.15, -0.1) is 0 Å². The molecule has 0 aliphatic carbocycles. The number of rotatable bonds is 4. The summed E-state index contributed by atoms with van der Waals surface area (Å²) < 4.78 is 10.8. The van der Waals surface area contributed by atoms with Gasteiger partial charge < -0.3 is 14.2 Å². The molecule has 0 unspecified atom stereocenters. The number of benzene rings is 1. The van der Waals surface area contributed by atoms with E-state index in [9.17, 15) is 4.79 Å². The number of piperidine rings is 1. The molecule has 1 aliphatic heterocycles. The first-order valence-corrected chi connectivity index (χ1v) is 7.48. The lowest BCUT2D eigenvalue weighted by Crippen LogP contribution is -2.41. The molecule has 0 bridgehead atoms. The molecule has 1 aliphatic rings. The van der Waals surface area contributed by atoms with Gasteiger partial charge in [0.2, 0.25) is 5.89 Å². The van der Waals surface area contributed by atoms with E-state index in [1.807, 2.05) is 35.2 Å². The van der Waals surface area contributed by atoms with Crippen molar-refractivity contribution in [3.8, 4) is 5.75 Å². The predicted octanol–water partition coefficient (Wildman–Crippen LogP) is 2.16. The fourth-order valence-corrected chi connectivity index (χ4v) is 2.64. The van der Waals surface area contributed by atoms with E-state index in [2.05, 4.69) is 10.1 Å². The summed E-state index contributed by atoms with van der Waals surface area (Å²) >= 11 is 0. The third kappa shape index (κ3) is 3.44. The molecular weight excluding hydrogens is 282 g/mol. The number of likely N-dealkylation sites (tertiary alicyclic amines) is 1. The lowest BCUT2D eigenvalue weighted by molar-refractivity contribution is -0.134. The van der Waals surface area contributed by atoms with E-state index in [0.29, 0.717) is 24.0 Å². The number of aromatic nitrogens is 2. The quantitative estimate of drug-likeness (QED) is 0.865. The Hall–Kier alpha value is -2.37. The van der Waals surface area contributed by atoms with E-state index in [-0.39, 0.29) is 18.4 Å². The van der Waals surface area contributed by atoms with Crippen LogP contribution in [0, 0.1) is 6.92 Å². The van der Waals surface area contributed by atoms with Gasteiger partial charge in [-0.25, -0.2) is 0 Å². The molecule has 2 heterocycles. The van der Waals surface area contributed by atoms with Crippen molar-refractivity contribution in [3.05, 3.63) is 42.0 Å². The molecule has 1 atom stereocenters. The lowest BCUT2D eigenvalue weighted by atomic mass is 9.98. The second-order valence-electron chi connectivity index (χ2n) is 5.46. The van der Waals surface area contributed by atoms with Crippen LogP contribution in [0.25, 0.3) is 0 Å². The van der Waals surface area contributed by atoms with Crippen LogP contribution in [-0.2, 0) is 4.79 Å². The van der Waals surface area contributed by atoms with Crippen molar-refractivity contribution in [2.75, 3.05) is 19.7 Å². The maximum Gasteiger partial charge on any atom is 0.260 e. The third-order valence-electron chi connectivity index (χ3n) is 3.77. The molecule has 2 aromatic rings. The summed E-state index contributed by atoms with van der Waals surface area (Å²) in [7, 11) is 0. The zero-order valence-electron chi connectivity index (χ0n) is 12.6. The zero-order chi connectivity index (χ0) is 15.4. The molecule has 0 spiro atoms. The Labute approximate surface area is 129 Å². The number of ether oxygens (including phenoxy) is 1. The number of amides is 1. The SMILES string of the molecule is Cc1noc([C@@H]2CCCN(C(=O)COc3ccccc3)C2)n1. The van der Waals surface area contributed by atoms with Crippen LogP contribution in [-0.4, -0.2) is 40.6 Å². The number of para-hydroxylation sites is 1. The summed E-state index contributed by atoms with van der Waals surface area (Å²) in [6.45, 7) is 3.21. The highest BCUT2D eigenvalue weighted by Crippen LogP contribution is 2.25. The molecule has 1 aromatic heterocycles. The summed E-state index contributed by atoms with van der Waals surface area (Å²) in [6.07, 6.45) is 1.90. The van der Waals surface area contributed by atoms with Gasteiger partial charge in [0.25, 0.3) is 5.91 Å². The topological polar surface area (TPSA) is 68.5 Å². The maximum atomic E-state index is 12.3. The molecule has 6 heteroatoms.